The van der Waals surface area contributed by atoms with E-state index in [1.54, 1.807) is 0 Å². The Morgan fingerprint density at radius 2 is 0.630 bits per heavy atom. The maximum absolute atomic E-state index is 10.9. The fourth-order valence-corrected chi connectivity index (χ4v) is 4.63. The lowest BCUT2D eigenvalue weighted by Crippen LogP contribution is -2.39. The Morgan fingerprint density at radius 3 is 0.913 bits per heavy atom. The molecule has 0 amide bonds. The van der Waals surface area contributed by atoms with Gasteiger partial charge in [-0.15, -0.1) is 0 Å². The number of ether oxygens (including phenoxy) is 6. The predicted molar refractivity (Wildman–Crippen MR) is 176 cm³/mol. The molecular formula is C38H46O8. The zero-order valence-electron chi connectivity index (χ0n) is 26.3. The quantitative estimate of drug-likeness (QED) is 0.106. The Bertz CT molecular complexity index is 1190. The Kier molecular flexibility index (Phi) is 16.5. The average molecular weight is 631 g/mol. The second kappa shape index (κ2) is 21.4. The third-order valence-corrected chi connectivity index (χ3v) is 7.19. The van der Waals surface area contributed by atoms with E-state index in [0.717, 1.165) is 22.3 Å². The van der Waals surface area contributed by atoms with Crippen molar-refractivity contribution in [3.63, 3.8) is 0 Å². The van der Waals surface area contributed by atoms with Crippen molar-refractivity contribution in [2.24, 2.45) is 0 Å². The number of benzene rings is 4. The average Bonchev–Trinajstić information content (AvgIpc) is 3.10. The first-order valence-corrected chi connectivity index (χ1v) is 15.7. The zero-order valence-corrected chi connectivity index (χ0v) is 26.3. The lowest BCUT2D eigenvalue weighted by atomic mass is 10.2. The van der Waals surface area contributed by atoms with Crippen molar-refractivity contribution in [1.82, 2.24) is 0 Å². The minimum Gasteiger partial charge on any atom is -0.388 e. The molecule has 0 bridgehead atoms. The highest BCUT2D eigenvalue weighted by molar-refractivity contribution is 5.15. The Balaban J connectivity index is 1.26. The maximum Gasteiger partial charge on any atom is 0.109 e. The highest BCUT2D eigenvalue weighted by atomic mass is 16.6. The summed E-state index contributed by atoms with van der Waals surface area (Å²) in [4.78, 5) is 0. The van der Waals surface area contributed by atoms with Crippen LogP contribution in [0, 0.1) is 0 Å². The van der Waals surface area contributed by atoms with E-state index in [4.69, 9.17) is 28.4 Å². The van der Waals surface area contributed by atoms with Crippen molar-refractivity contribution in [3.8, 4) is 0 Å². The molecule has 8 nitrogen and oxygen atoms in total. The fourth-order valence-electron chi connectivity index (χ4n) is 4.63. The summed E-state index contributed by atoms with van der Waals surface area (Å²) in [6.45, 7) is 2.40. The van der Waals surface area contributed by atoms with Gasteiger partial charge in [0.05, 0.1) is 66.1 Å². The van der Waals surface area contributed by atoms with Crippen LogP contribution < -0.4 is 0 Å². The van der Waals surface area contributed by atoms with Gasteiger partial charge in [-0.3, -0.25) is 0 Å². The molecule has 4 atom stereocenters. The van der Waals surface area contributed by atoms with Crippen LogP contribution in [0.1, 0.15) is 22.3 Å². The van der Waals surface area contributed by atoms with Crippen LogP contribution in [-0.2, 0) is 54.8 Å². The summed E-state index contributed by atoms with van der Waals surface area (Å²) >= 11 is 0. The molecule has 46 heavy (non-hydrogen) atoms. The van der Waals surface area contributed by atoms with Gasteiger partial charge in [-0.2, -0.15) is 0 Å². The number of aliphatic hydroxyl groups is 2. The minimum atomic E-state index is -0.915. The van der Waals surface area contributed by atoms with Crippen LogP contribution in [0.15, 0.2) is 121 Å². The Hall–Kier alpha value is -3.44. The first-order valence-electron chi connectivity index (χ1n) is 15.7. The summed E-state index contributed by atoms with van der Waals surface area (Å²) in [5.41, 5.74) is 4.10. The van der Waals surface area contributed by atoms with Crippen molar-refractivity contribution in [3.05, 3.63) is 144 Å². The van der Waals surface area contributed by atoms with E-state index in [2.05, 4.69) is 0 Å². The van der Waals surface area contributed by atoms with Crippen molar-refractivity contribution < 1.29 is 38.6 Å². The predicted octanol–water partition coefficient (Wildman–Crippen LogP) is 5.35. The summed E-state index contributed by atoms with van der Waals surface area (Å²) in [5.74, 6) is 0. The molecule has 0 saturated carbocycles. The molecule has 0 unspecified atom stereocenters. The van der Waals surface area contributed by atoms with Crippen LogP contribution in [0.2, 0.25) is 0 Å². The normalized spacial score (nSPS) is 14.0. The van der Waals surface area contributed by atoms with Crippen molar-refractivity contribution in [1.29, 1.82) is 0 Å². The highest BCUT2D eigenvalue weighted by Crippen LogP contribution is 2.11. The molecule has 0 aliphatic heterocycles. The van der Waals surface area contributed by atoms with Gasteiger partial charge in [0.1, 0.15) is 24.4 Å². The molecule has 4 aromatic carbocycles. The number of hydrogen-bond donors (Lipinski definition) is 2. The van der Waals surface area contributed by atoms with Gasteiger partial charge >= 0.3 is 0 Å². The van der Waals surface area contributed by atoms with Gasteiger partial charge in [-0.25, -0.2) is 0 Å². The van der Waals surface area contributed by atoms with Gasteiger partial charge in [-0.1, -0.05) is 121 Å². The molecule has 4 rings (SSSR count). The first kappa shape index (κ1) is 35.4. The Morgan fingerprint density at radius 1 is 0.370 bits per heavy atom. The summed E-state index contributed by atoms with van der Waals surface area (Å²) in [6.07, 6.45) is -3.12. The lowest BCUT2D eigenvalue weighted by molar-refractivity contribution is -0.138. The van der Waals surface area contributed by atoms with E-state index in [1.807, 2.05) is 121 Å². The monoisotopic (exact) mass is 630 g/mol. The van der Waals surface area contributed by atoms with Gasteiger partial charge in [0, 0.05) is 0 Å². The molecule has 0 radical (unpaired) electrons. The minimum absolute atomic E-state index is 0.0858. The molecule has 8 heteroatoms. The second-order valence-corrected chi connectivity index (χ2v) is 11.0. The number of rotatable bonds is 23. The van der Waals surface area contributed by atoms with E-state index in [0.29, 0.717) is 26.4 Å². The van der Waals surface area contributed by atoms with Gasteiger partial charge in [0.25, 0.3) is 0 Å². The molecule has 0 aliphatic rings. The van der Waals surface area contributed by atoms with Crippen molar-refractivity contribution >= 4 is 0 Å². The molecule has 246 valence electrons. The SMILES string of the molecule is O[C@@H](COCc1ccccc1)[C@H](COCc1ccccc1)OCCO[C@@H](COCc1ccccc1)[C@@H](O)COCc1ccccc1. The van der Waals surface area contributed by atoms with E-state index in [9.17, 15) is 10.2 Å². The molecule has 0 spiro atoms. The van der Waals surface area contributed by atoms with Gasteiger partial charge < -0.3 is 38.6 Å². The van der Waals surface area contributed by atoms with E-state index in [1.165, 1.54) is 0 Å². The second-order valence-electron chi connectivity index (χ2n) is 11.0. The molecule has 0 aliphatic carbocycles. The molecule has 0 fully saturated rings. The first-order chi connectivity index (χ1) is 22.7. The topological polar surface area (TPSA) is 95.8 Å². The molecule has 4 aromatic rings. The summed E-state index contributed by atoms with van der Waals surface area (Å²) in [5, 5.41) is 21.9. The van der Waals surface area contributed by atoms with Crippen molar-refractivity contribution in [2.45, 2.75) is 50.8 Å². The van der Waals surface area contributed by atoms with E-state index in [-0.39, 0.29) is 39.6 Å². The van der Waals surface area contributed by atoms with Gasteiger partial charge in [-0.05, 0) is 22.3 Å². The maximum atomic E-state index is 10.9. The van der Waals surface area contributed by atoms with Crippen LogP contribution in [0.25, 0.3) is 0 Å². The van der Waals surface area contributed by atoms with Crippen LogP contribution in [0.5, 0.6) is 0 Å². The standard InChI is InChI=1S/C38H46O8/c39-35(27-41-23-31-13-5-1-6-14-31)37(29-43-25-33-17-9-3-10-18-33)45-21-22-46-38(30-44-26-34-19-11-4-12-20-34)36(40)28-42-24-32-15-7-2-8-16-32/h1-20,35-40H,21-30H2/t35-,36-,37-,38-/m0/s1. The van der Waals surface area contributed by atoms with Crippen LogP contribution >= 0.6 is 0 Å². The molecule has 0 heterocycles. The third-order valence-electron chi connectivity index (χ3n) is 7.19. The molecular weight excluding hydrogens is 584 g/mol. The smallest absolute Gasteiger partial charge is 0.109 e. The van der Waals surface area contributed by atoms with Crippen molar-refractivity contribution in [2.75, 3.05) is 39.6 Å². The van der Waals surface area contributed by atoms with Crippen LogP contribution in [0.3, 0.4) is 0 Å². The largest absolute Gasteiger partial charge is 0.388 e. The molecule has 0 saturated heterocycles. The molecule has 2 N–H and O–H groups in total. The fraction of sp³-hybridized carbons (Fsp3) is 0.368. The zero-order chi connectivity index (χ0) is 32.1. The van der Waals surface area contributed by atoms with E-state index >= 15 is 0 Å². The van der Waals surface area contributed by atoms with Gasteiger partial charge in [0.15, 0.2) is 0 Å². The van der Waals surface area contributed by atoms with E-state index < -0.39 is 24.4 Å². The number of aliphatic hydroxyl groups excluding tert-OH is 2. The lowest BCUT2D eigenvalue weighted by Gasteiger charge is -2.26. The van der Waals surface area contributed by atoms with Crippen LogP contribution in [-0.4, -0.2) is 74.3 Å². The van der Waals surface area contributed by atoms with Gasteiger partial charge in [0.2, 0.25) is 0 Å². The Labute approximate surface area is 272 Å². The highest BCUT2D eigenvalue weighted by Gasteiger charge is 2.23. The number of hydrogen-bond acceptors (Lipinski definition) is 8. The summed E-state index contributed by atoms with van der Waals surface area (Å²) in [6, 6.07) is 39.3. The van der Waals surface area contributed by atoms with Crippen LogP contribution in [0.4, 0.5) is 0 Å². The summed E-state index contributed by atoms with van der Waals surface area (Å²) < 4.78 is 35.5. The molecule has 0 aromatic heterocycles. The summed E-state index contributed by atoms with van der Waals surface area (Å²) in [7, 11) is 0. The third kappa shape index (κ3) is 13.9.